The van der Waals surface area contributed by atoms with Crippen molar-refractivity contribution in [2.45, 2.75) is 9.79 Å². The Morgan fingerprint density at radius 3 is 2.14 bits per heavy atom. The lowest BCUT2D eigenvalue weighted by molar-refractivity contribution is -0.256. The van der Waals surface area contributed by atoms with Gasteiger partial charge in [0.15, 0.2) is 0 Å². The number of benzene rings is 2. The van der Waals surface area contributed by atoms with Gasteiger partial charge in [-0.2, -0.15) is 0 Å². The molecule has 0 saturated carbocycles. The lowest BCUT2D eigenvalue weighted by atomic mass is 10.2. The molecule has 0 saturated heterocycles. The maximum Gasteiger partial charge on any atom is 0.119 e. The summed E-state index contributed by atoms with van der Waals surface area (Å²) < 4.78 is 17.5. The number of hydrogen-bond acceptors (Lipinski definition) is 6. The Morgan fingerprint density at radius 1 is 0.955 bits per heavy atom. The molecule has 1 atom stereocenters. The monoisotopic (exact) mass is 318 g/mol. The zero-order valence-corrected chi connectivity index (χ0v) is 12.2. The predicted octanol–water partition coefficient (Wildman–Crippen LogP) is -0.411. The molecule has 6 nitrogen and oxygen atoms in total. The van der Waals surface area contributed by atoms with E-state index in [9.17, 15) is 24.0 Å². The number of rotatable bonds is 5. The van der Waals surface area contributed by atoms with Crippen molar-refractivity contribution in [3.8, 4) is 5.75 Å². The fourth-order valence-electron chi connectivity index (χ4n) is 1.87. The molecule has 2 aromatic rings. The number of ether oxygens (including phenoxy) is 1. The third kappa shape index (κ3) is 2.99. The summed E-state index contributed by atoms with van der Waals surface area (Å²) in [5, 5.41) is 22.3. The quantitative estimate of drug-likeness (QED) is 0.742. The predicted molar refractivity (Wildman–Crippen MR) is 72.8 cm³/mol. The molecule has 0 aliphatic rings. The van der Waals surface area contributed by atoms with Gasteiger partial charge < -0.3 is 24.5 Å². The van der Waals surface area contributed by atoms with Crippen LogP contribution in [0.25, 0.3) is 0 Å². The first-order valence-electron chi connectivity index (χ1n) is 6.07. The normalized spacial score (nSPS) is 11.7. The highest BCUT2D eigenvalue weighted by atomic mass is 32.2. The highest BCUT2D eigenvalue weighted by Crippen LogP contribution is 2.25. The van der Waals surface area contributed by atoms with Gasteiger partial charge in [0.05, 0.1) is 39.6 Å². The molecule has 22 heavy (non-hydrogen) atoms. The van der Waals surface area contributed by atoms with Crippen LogP contribution in [0.1, 0.15) is 20.7 Å². The van der Waals surface area contributed by atoms with Crippen LogP contribution in [0.15, 0.2) is 52.3 Å². The Morgan fingerprint density at radius 2 is 1.55 bits per heavy atom. The van der Waals surface area contributed by atoms with E-state index in [4.69, 9.17) is 4.74 Å². The Hall–Kier alpha value is -2.67. The van der Waals surface area contributed by atoms with Crippen LogP contribution >= 0.6 is 0 Å². The SMILES string of the molecule is COc1ccc([S@](=O)c2ccccc2C(=O)[O-])c(C(=O)[O-])c1. The molecule has 0 aliphatic heterocycles. The minimum Gasteiger partial charge on any atom is -0.545 e. The van der Waals surface area contributed by atoms with Crippen LogP contribution in [-0.2, 0) is 10.8 Å². The van der Waals surface area contributed by atoms with E-state index in [2.05, 4.69) is 0 Å². The zero-order chi connectivity index (χ0) is 16.3. The summed E-state index contributed by atoms with van der Waals surface area (Å²) >= 11 is 0. The molecule has 0 radical (unpaired) electrons. The van der Waals surface area contributed by atoms with Gasteiger partial charge in [-0.3, -0.25) is 0 Å². The van der Waals surface area contributed by atoms with Gasteiger partial charge in [0.1, 0.15) is 5.75 Å². The maximum atomic E-state index is 12.6. The number of aromatic carboxylic acids is 2. The van der Waals surface area contributed by atoms with Crippen molar-refractivity contribution >= 4 is 22.7 Å². The number of carboxylic acid groups (broad SMARTS) is 2. The van der Waals surface area contributed by atoms with Crippen molar-refractivity contribution in [2.24, 2.45) is 0 Å². The van der Waals surface area contributed by atoms with Gasteiger partial charge in [-0.1, -0.05) is 18.2 Å². The molecule has 2 aromatic carbocycles. The highest BCUT2D eigenvalue weighted by Gasteiger charge is 2.17. The van der Waals surface area contributed by atoms with Crippen LogP contribution in [-0.4, -0.2) is 23.3 Å². The second-order valence-corrected chi connectivity index (χ2v) is 5.62. The van der Waals surface area contributed by atoms with Crippen molar-refractivity contribution in [1.82, 2.24) is 0 Å². The molecule has 0 amide bonds. The van der Waals surface area contributed by atoms with Crippen LogP contribution in [0.2, 0.25) is 0 Å². The van der Waals surface area contributed by atoms with Crippen LogP contribution in [0.5, 0.6) is 5.75 Å². The van der Waals surface area contributed by atoms with Crippen LogP contribution < -0.4 is 14.9 Å². The van der Waals surface area contributed by atoms with E-state index >= 15 is 0 Å². The van der Waals surface area contributed by atoms with E-state index in [-0.39, 0.29) is 26.7 Å². The van der Waals surface area contributed by atoms with Crippen molar-refractivity contribution in [1.29, 1.82) is 0 Å². The van der Waals surface area contributed by atoms with Gasteiger partial charge in [-0.15, -0.1) is 0 Å². The zero-order valence-electron chi connectivity index (χ0n) is 11.4. The van der Waals surface area contributed by atoms with Crippen LogP contribution in [0.4, 0.5) is 0 Å². The van der Waals surface area contributed by atoms with E-state index in [0.29, 0.717) is 0 Å². The molecule has 114 valence electrons. The number of methoxy groups -OCH3 is 1. The van der Waals surface area contributed by atoms with E-state index in [0.717, 1.165) is 0 Å². The molecule has 0 heterocycles. The first-order chi connectivity index (χ1) is 10.5. The highest BCUT2D eigenvalue weighted by molar-refractivity contribution is 7.85. The number of hydrogen-bond donors (Lipinski definition) is 0. The minimum atomic E-state index is -2.02. The maximum absolute atomic E-state index is 12.6. The molecular weight excluding hydrogens is 308 g/mol. The Bertz CT molecular complexity index is 768. The lowest BCUT2D eigenvalue weighted by Crippen LogP contribution is -2.25. The fourth-order valence-corrected chi connectivity index (χ4v) is 3.20. The first-order valence-corrected chi connectivity index (χ1v) is 7.22. The third-order valence-electron chi connectivity index (χ3n) is 2.91. The summed E-state index contributed by atoms with van der Waals surface area (Å²) in [6.07, 6.45) is 0. The minimum absolute atomic E-state index is 0.0461. The summed E-state index contributed by atoms with van der Waals surface area (Å²) in [5.41, 5.74) is -0.591. The largest absolute Gasteiger partial charge is 0.545 e. The topological polar surface area (TPSA) is 107 Å². The second kappa shape index (κ2) is 6.40. The molecule has 0 aromatic heterocycles. The Kier molecular flexibility index (Phi) is 4.57. The number of carbonyl (C=O) groups excluding carboxylic acids is 2. The van der Waals surface area contributed by atoms with Crippen LogP contribution in [0, 0.1) is 0 Å². The average molecular weight is 318 g/mol. The lowest BCUT2D eigenvalue weighted by Gasteiger charge is -2.14. The average Bonchev–Trinajstić information content (AvgIpc) is 2.53. The van der Waals surface area contributed by atoms with Crippen molar-refractivity contribution < 1.29 is 28.7 Å². The van der Waals surface area contributed by atoms with Gasteiger partial charge in [-0.05, 0) is 24.3 Å². The molecule has 0 N–H and O–H groups in total. The first kappa shape index (κ1) is 15.7. The molecular formula is C15H10O6S-2. The van der Waals surface area contributed by atoms with E-state index in [1.165, 1.54) is 49.6 Å². The van der Waals surface area contributed by atoms with Crippen molar-refractivity contribution in [3.63, 3.8) is 0 Å². The van der Waals surface area contributed by atoms with E-state index in [1.54, 1.807) is 0 Å². The molecule has 0 bridgehead atoms. The molecule has 2 rings (SSSR count). The summed E-state index contributed by atoms with van der Waals surface area (Å²) in [6.45, 7) is 0. The number of carboxylic acids is 2. The van der Waals surface area contributed by atoms with Crippen molar-refractivity contribution in [2.75, 3.05) is 7.11 Å². The Balaban J connectivity index is 2.60. The van der Waals surface area contributed by atoms with Gasteiger partial charge in [-0.25, -0.2) is 4.21 Å². The molecule has 0 fully saturated rings. The van der Waals surface area contributed by atoms with Gasteiger partial charge in [0.25, 0.3) is 0 Å². The standard InChI is InChI=1S/C15H12O6S/c1-21-9-6-7-13(11(8-9)15(18)19)22(20)12-5-3-2-4-10(12)14(16)17/h2-8H,1H3,(H,16,17)(H,18,19)/p-2/t22-/m1/s1. The van der Waals surface area contributed by atoms with E-state index in [1.807, 2.05) is 0 Å². The molecule has 7 heteroatoms. The van der Waals surface area contributed by atoms with Gasteiger partial charge in [0.2, 0.25) is 0 Å². The molecule has 0 unspecified atom stereocenters. The fraction of sp³-hybridized carbons (Fsp3) is 0.0667. The molecule has 0 aliphatic carbocycles. The number of carbonyl (C=O) groups is 2. The van der Waals surface area contributed by atoms with Gasteiger partial charge in [0, 0.05) is 11.1 Å². The van der Waals surface area contributed by atoms with E-state index < -0.39 is 22.7 Å². The summed E-state index contributed by atoms with van der Waals surface area (Å²) in [4.78, 5) is 22.2. The summed E-state index contributed by atoms with van der Waals surface area (Å²) in [7, 11) is -0.661. The second-order valence-electron chi connectivity index (χ2n) is 4.20. The van der Waals surface area contributed by atoms with Crippen molar-refractivity contribution in [3.05, 3.63) is 53.6 Å². The smallest absolute Gasteiger partial charge is 0.119 e. The third-order valence-corrected chi connectivity index (χ3v) is 4.42. The Labute approximate surface area is 128 Å². The summed E-state index contributed by atoms with van der Waals surface area (Å²) in [5.74, 6) is -2.77. The molecule has 0 spiro atoms. The van der Waals surface area contributed by atoms with Crippen LogP contribution in [0.3, 0.4) is 0 Å². The van der Waals surface area contributed by atoms with Gasteiger partial charge >= 0.3 is 0 Å². The summed E-state index contributed by atoms with van der Waals surface area (Å²) in [6, 6.07) is 9.44.